The van der Waals surface area contributed by atoms with Crippen molar-refractivity contribution in [1.29, 1.82) is 0 Å². The van der Waals surface area contributed by atoms with Crippen LogP contribution in [0.1, 0.15) is 0 Å². The van der Waals surface area contributed by atoms with E-state index in [-0.39, 0.29) is 11.6 Å². The quantitative estimate of drug-likeness (QED) is 0.699. The van der Waals surface area contributed by atoms with E-state index in [9.17, 15) is 9.18 Å². The summed E-state index contributed by atoms with van der Waals surface area (Å²) in [5, 5.41) is 0.0650. The Morgan fingerprint density at radius 3 is 2.85 bits per heavy atom. The Morgan fingerprint density at radius 1 is 1.62 bits per heavy atom. The molecule has 1 aromatic rings. The monoisotopic (exact) mass is 201 g/mol. The molecule has 0 aliphatic carbocycles. The van der Waals surface area contributed by atoms with Crippen LogP contribution in [0.2, 0.25) is 5.02 Å². The van der Waals surface area contributed by atoms with Crippen molar-refractivity contribution in [2.45, 2.75) is 0 Å². The topological polar surface area (TPSA) is 20.3 Å². The molecule has 0 unspecified atom stereocenters. The van der Waals surface area contributed by atoms with Crippen molar-refractivity contribution in [3.63, 3.8) is 0 Å². The molecule has 1 rings (SSSR count). The fourth-order valence-corrected chi connectivity index (χ4v) is 1.11. The first-order valence-corrected chi connectivity index (χ1v) is 4.12. The average molecular weight is 202 g/mol. The van der Waals surface area contributed by atoms with E-state index in [2.05, 4.69) is 0 Å². The highest BCUT2D eigenvalue weighted by Gasteiger charge is 2.03. The third kappa shape index (κ3) is 2.42. The lowest BCUT2D eigenvalue weighted by Gasteiger charge is -2.15. The number of nitrogens with zero attached hydrogens (tertiary/aromatic N) is 1. The molecule has 0 saturated heterocycles. The van der Waals surface area contributed by atoms with E-state index in [1.807, 2.05) is 0 Å². The summed E-state index contributed by atoms with van der Waals surface area (Å²) in [6, 6.07) is 4.34. The number of benzene rings is 1. The Bertz CT molecular complexity index is 316. The third-order valence-electron chi connectivity index (χ3n) is 1.69. The van der Waals surface area contributed by atoms with Crippen LogP contribution in [0.4, 0.5) is 10.1 Å². The molecule has 0 atom stereocenters. The van der Waals surface area contributed by atoms with Crippen LogP contribution in [0.3, 0.4) is 0 Å². The predicted molar refractivity (Wildman–Crippen MR) is 50.7 cm³/mol. The molecule has 0 N–H and O–H groups in total. The van der Waals surface area contributed by atoms with E-state index in [4.69, 9.17) is 11.6 Å². The molecular formula is C9H9ClFNO. The number of aldehydes is 1. The molecule has 1 aromatic carbocycles. The smallest absolute Gasteiger partial charge is 0.141 e. The van der Waals surface area contributed by atoms with Crippen LogP contribution in [0, 0.1) is 5.82 Å². The standard InChI is InChI=1S/C9H9ClFNO/c1-12(4-5-13)7-2-3-9(11)8(10)6-7/h2-3,5-6H,4H2,1H3. The minimum Gasteiger partial charge on any atom is -0.368 e. The van der Waals surface area contributed by atoms with Crippen molar-refractivity contribution in [2.24, 2.45) is 0 Å². The summed E-state index contributed by atoms with van der Waals surface area (Å²) in [5.41, 5.74) is 0.721. The van der Waals surface area contributed by atoms with Crippen LogP contribution in [-0.4, -0.2) is 19.9 Å². The summed E-state index contributed by atoms with van der Waals surface area (Å²) in [6.45, 7) is 0.266. The lowest BCUT2D eigenvalue weighted by atomic mass is 10.3. The van der Waals surface area contributed by atoms with Crippen molar-refractivity contribution in [1.82, 2.24) is 0 Å². The molecule has 0 saturated carbocycles. The van der Waals surface area contributed by atoms with Gasteiger partial charge in [0.15, 0.2) is 0 Å². The van der Waals surface area contributed by atoms with Crippen molar-refractivity contribution >= 4 is 23.6 Å². The Hall–Kier alpha value is -1.09. The van der Waals surface area contributed by atoms with E-state index in [1.54, 1.807) is 18.0 Å². The van der Waals surface area contributed by atoms with Crippen LogP contribution in [0.5, 0.6) is 0 Å². The Balaban J connectivity index is 2.89. The first kappa shape index (κ1) is 9.99. The van der Waals surface area contributed by atoms with Crippen LogP contribution in [0.25, 0.3) is 0 Å². The molecule has 0 spiro atoms. The van der Waals surface area contributed by atoms with Crippen molar-refractivity contribution in [2.75, 3.05) is 18.5 Å². The van der Waals surface area contributed by atoms with Crippen molar-refractivity contribution in [3.05, 3.63) is 29.0 Å². The molecule has 0 amide bonds. The summed E-state index contributed by atoms with van der Waals surface area (Å²) in [6.07, 6.45) is 0.775. The number of hydrogen-bond acceptors (Lipinski definition) is 2. The third-order valence-corrected chi connectivity index (χ3v) is 1.98. The highest BCUT2D eigenvalue weighted by Crippen LogP contribution is 2.21. The maximum atomic E-state index is 12.7. The molecule has 13 heavy (non-hydrogen) atoms. The van der Waals surface area contributed by atoms with Crippen LogP contribution in [-0.2, 0) is 4.79 Å². The summed E-state index contributed by atoms with van der Waals surface area (Å²) in [5.74, 6) is -0.454. The number of anilines is 1. The second-order valence-corrected chi connectivity index (χ2v) is 3.05. The molecule has 0 radical (unpaired) electrons. The van der Waals surface area contributed by atoms with E-state index in [0.29, 0.717) is 0 Å². The van der Waals surface area contributed by atoms with Gasteiger partial charge < -0.3 is 9.69 Å². The van der Waals surface area contributed by atoms with Gasteiger partial charge in [-0.3, -0.25) is 0 Å². The molecular weight excluding hydrogens is 193 g/mol. The van der Waals surface area contributed by atoms with Crippen LogP contribution < -0.4 is 4.90 Å². The van der Waals surface area contributed by atoms with Gasteiger partial charge in [0, 0.05) is 12.7 Å². The van der Waals surface area contributed by atoms with E-state index in [0.717, 1.165) is 12.0 Å². The van der Waals surface area contributed by atoms with Gasteiger partial charge >= 0.3 is 0 Å². The fraction of sp³-hybridized carbons (Fsp3) is 0.222. The molecule has 70 valence electrons. The molecule has 0 bridgehead atoms. The SMILES string of the molecule is CN(CC=O)c1ccc(F)c(Cl)c1. The molecule has 0 heterocycles. The van der Waals surface area contributed by atoms with Gasteiger partial charge in [0.2, 0.25) is 0 Å². The molecule has 0 fully saturated rings. The van der Waals surface area contributed by atoms with Gasteiger partial charge in [-0.15, -0.1) is 0 Å². The number of halogens is 2. The predicted octanol–water partition coefficient (Wildman–Crippen LogP) is 2.11. The second-order valence-electron chi connectivity index (χ2n) is 2.65. The summed E-state index contributed by atoms with van der Waals surface area (Å²) < 4.78 is 12.7. The highest BCUT2D eigenvalue weighted by molar-refractivity contribution is 6.31. The van der Waals surface area contributed by atoms with Gasteiger partial charge in [0.1, 0.15) is 12.1 Å². The van der Waals surface area contributed by atoms with Gasteiger partial charge in [-0.2, -0.15) is 0 Å². The minimum atomic E-state index is -0.454. The van der Waals surface area contributed by atoms with Crippen molar-refractivity contribution < 1.29 is 9.18 Å². The van der Waals surface area contributed by atoms with Gasteiger partial charge in [0.05, 0.1) is 11.6 Å². The van der Waals surface area contributed by atoms with Gasteiger partial charge in [-0.05, 0) is 18.2 Å². The lowest BCUT2D eigenvalue weighted by molar-refractivity contribution is -0.106. The summed E-state index contributed by atoms with van der Waals surface area (Å²) in [7, 11) is 1.73. The number of carbonyl (C=O) groups excluding carboxylic acids is 1. The number of rotatable bonds is 3. The summed E-state index contributed by atoms with van der Waals surface area (Å²) >= 11 is 5.57. The van der Waals surface area contributed by atoms with E-state index < -0.39 is 5.82 Å². The van der Waals surface area contributed by atoms with Crippen LogP contribution in [0.15, 0.2) is 18.2 Å². The zero-order chi connectivity index (χ0) is 9.84. The largest absolute Gasteiger partial charge is 0.368 e. The van der Waals surface area contributed by atoms with Gasteiger partial charge in [-0.25, -0.2) is 4.39 Å². The highest BCUT2D eigenvalue weighted by atomic mass is 35.5. The zero-order valence-electron chi connectivity index (χ0n) is 7.13. The van der Waals surface area contributed by atoms with Gasteiger partial charge in [0.25, 0.3) is 0 Å². The first-order valence-electron chi connectivity index (χ1n) is 3.75. The number of carbonyl (C=O) groups is 1. The maximum absolute atomic E-state index is 12.7. The molecule has 4 heteroatoms. The zero-order valence-corrected chi connectivity index (χ0v) is 7.88. The Kier molecular flexibility index (Phi) is 3.25. The Labute approximate surface area is 80.9 Å². The normalized spacial score (nSPS) is 9.77. The van der Waals surface area contributed by atoms with Gasteiger partial charge in [-0.1, -0.05) is 11.6 Å². The maximum Gasteiger partial charge on any atom is 0.141 e. The van der Waals surface area contributed by atoms with Crippen LogP contribution >= 0.6 is 11.6 Å². The molecule has 0 aromatic heterocycles. The molecule has 0 aliphatic heterocycles. The fourth-order valence-electron chi connectivity index (χ4n) is 0.940. The lowest BCUT2D eigenvalue weighted by Crippen LogP contribution is -2.19. The minimum absolute atomic E-state index is 0.0650. The second kappa shape index (κ2) is 4.23. The van der Waals surface area contributed by atoms with E-state index >= 15 is 0 Å². The number of hydrogen-bond donors (Lipinski definition) is 0. The van der Waals surface area contributed by atoms with E-state index in [1.165, 1.54) is 12.1 Å². The number of likely N-dealkylation sites (N-methyl/N-ethyl adjacent to an activating group) is 1. The molecule has 2 nitrogen and oxygen atoms in total. The summed E-state index contributed by atoms with van der Waals surface area (Å²) in [4.78, 5) is 11.9. The first-order chi connectivity index (χ1) is 6.15. The molecule has 0 aliphatic rings. The average Bonchev–Trinajstić information content (AvgIpc) is 2.10. The van der Waals surface area contributed by atoms with Crippen molar-refractivity contribution in [3.8, 4) is 0 Å². The Morgan fingerprint density at radius 2 is 2.31 bits per heavy atom.